The summed E-state index contributed by atoms with van der Waals surface area (Å²) in [4.78, 5) is 4.46. The molecule has 1 aliphatic heterocycles. The lowest BCUT2D eigenvalue weighted by Gasteiger charge is -2.35. The summed E-state index contributed by atoms with van der Waals surface area (Å²) in [7, 11) is 0. The Labute approximate surface area is 119 Å². The van der Waals surface area contributed by atoms with E-state index in [0.29, 0.717) is 19.8 Å². The fourth-order valence-corrected chi connectivity index (χ4v) is 2.38. The summed E-state index contributed by atoms with van der Waals surface area (Å²) in [6.45, 7) is 6.04. The minimum Gasteiger partial charge on any atom is -0.467 e. The second-order valence-electron chi connectivity index (χ2n) is 5.11. The Morgan fingerprint density at radius 1 is 1.25 bits per heavy atom. The fourth-order valence-electron chi connectivity index (χ4n) is 2.38. The Hall–Kier alpha value is -0.920. The Bertz CT molecular complexity index is 350. The van der Waals surface area contributed by atoms with E-state index in [-0.39, 0.29) is 6.61 Å². The number of aliphatic hydroxyl groups is 2. The molecule has 0 radical (unpaired) electrons. The average Bonchev–Trinajstić information content (AvgIpc) is 2.94. The summed E-state index contributed by atoms with van der Waals surface area (Å²) in [5, 5.41) is 18.8. The quantitative estimate of drug-likeness (QED) is 0.687. The molecule has 6 heteroatoms. The Kier molecular flexibility index (Phi) is 6.49. The third-order valence-electron chi connectivity index (χ3n) is 3.48. The minimum absolute atomic E-state index is 0.212. The van der Waals surface area contributed by atoms with Crippen LogP contribution >= 0.6 is 0 Å². The van der Waals surface area contributed by atoms with Gasteiger partial charge in [0.15, 0.2) is 0 Å². The van der Waals surface area contributed by atoms with Crippen LogP contribution in [-0.2, 0) is 11.3 Å². The van der Waals surface area contributed by atoms with Crippen LogP contribution in [0.4, 0.5) is 0 Å². The molecule has 1 aromatic rings. The van der Waals surface area contributed by atoms with Crippen LogP contribution in [0, 0.1) is 0 Å². The zero-order valence-electron chi connectivity index (χ0n) is 11.8. The lowest BCUT2D eigenvalue weighted by atomic mass is 10.2. The highest BCUT2D eigenvalue weighted by Gasteiger charge is 2.18. The van der Waals surface area contributed by atoms with Crippen molar-refractivity contribution < 1.29 is 19.4 Å². The second-order valence-corrected chi connectivity index (χ2v) is 5.11. The van der Waals surface area contributed by atoms with Crippen LogP contribution in [-0.4, -0.2) is 78.6 Å². The molecule has 0 bridgehead atoms. The van der Waals surface area contributed by atoms with Crippen molar-refractivity contribution in [2.75, 3.05) is 52.5 Å². The van der Waals surface area contributed by atoms with Crippen molar-refractivity contribution in [1.29, 1.82) is 0 Å². The molecule has 2 N–H and O–H groups in total. The third-order valence-corrected chi connectivity index (χ3v) is 3.48. The molecule has 1 atom stereocenters. The molecule has 0 unspecified atom stereocenters. The molecule has 1 aromatic heterocycles. The zero-order valence-corrected chi connectivity index (χ0v) is 11.8. The summed E-state index contributed by atoms with van der Waals surface area (Å²) < 4.78 is 10.6. The third kappa shape index (κ3) is 5.22. The van der Waals surface area contributed by atoms with Gasteiger partial charge in [0.05, 0.1) is 25.6 Å². The summed E-state index contributed by atoms with van der Waals surface area (Å²) >= 11 is 0. The molecule has 20 heavy (non-hydrogen) atoms. The van der Waals surface area contributed by atoms with Gasteiger partial charge in [0, 0.05) is 39.3 Å². The molecule has 2 rings (SSSR count). The van der Waals surface area contributed by atoms with Crippen LogP contribution in [0.25, 0.3) is 0 Å². The fraction of sp³-hybridized carbons (Fsp3) is 0.714. The largest absolute Gasteiger partial charge is 0.467 e. The van der Waals surface area contributed by atoms with Crippen molar-refractivity contribution in [3.05, 3.63) is 24.2 Å². The maximum Gasteiger partial charge on any atom is 0.129 e. The van der Waals surface area contributed by atoms with Gasteiger partial charge >= 0.3 is 0 Å². The van der Waals surface area contributed by atoms with E-state index < -0.39 is 6.10 Å². The van der Waals surface area contributed by atoms with Gasteiger partial charge in [-0.1, -0.05) is 0 Å². The Morgan fingerprint density at radius 3 is 2.65 bits per heavy atom. The molecule has 1 fully saturated rings. The topological polar surface area (TPSA) is 69.3 Å². The van der Waals surface area contributed by atoms with Crippen LogP contribution in [0.3, 0.4) is 0 Å². The van der Waals surface area contributed by atoms with E-state index in [2.05, 4.69) is 9.80 Å². The first-order valence-electron chi connectivity index (χ1n) is 7.11. The summed E-state index contributed by atoms with van der Waals surface area (Å²) in [6, 6.07) is 3.67. The number of hydrogen-bond donors (Lipinski definition) is 2. The number of β-amino-alcohol motifs (C(OH)–C–C–N with tert-alkyl or cyclic N) is 2. The van der Waals surface area contributed by atoms with Gasteiger partial charge in [0.2, 0.25) is 0 Å². The molecular weight excluding hydrogens is 260 g/mol. The first-order chi connectivity index (χ1) is 9.78. The molecule has 1 aliphatic rings. The van der Waals surface area contributed by atoms with Gasteiger partial charge in [-0.3, -0.25) is 9.80 Å². The van der Waals surface area contributed by atoms with E-state index in [0.717, 1.165) is 38.5 Å². The van der Waals surface area contributed by atoms with E-state index in [1.54, 1.807) is 6.26 Å². The first-order valence-corrected chi connectivity index (χ1v) is 7.11. The zero-order chi connectivity index (χ0) is 14.2. The Balaban J connectivity index is 1.57. The van der Waals surface area contributed by atoms with E-state index in [4.69, 9.17) is 14.3 Å². The van der Waals surface area contributed by atoms with Crippen LogP contribution < -0.4 is 0 Å². The lowest BCUT2D eigenvalue weighted by molar-refractivity contribution is -0.00338. The van der Waals surface area contributed by atoms with Crippen molar-refractivity contribution >= 4 is 0 Å². The number of nitrogens with zero attached hydrogens (tertiary/aromatic N) is 2. The number of furan rings is 1. The van der Waals surface area contributed by atoms with Gasteiger partial charge in [0.1, 0.15) is 12.4 Å². The monoisotopic (exact) mass is 284 g/mol. The van der Waals surface area contributed by atoms with Crippen molar-refractivity contribution in [1.82, 2.24) is 9.80 Å². The van der Waals surface area contributed by atoms with Gasteiger partial charge in [-0.2, -0.15) is 0 Å². The predicted molar refractivity (Wildman–Crippen MR) is 74.3 cm³/mol. The van der Waals surface area contributed by atoms with Crippen LogP contribution in [0.15, 0.2) is 22.8 Å². The SMILES string of the molecule is OCCN1CCN(C[C@H](O)COCc2ccco2)CC1. The predicted octanol–water partition coefficient (Wildman–Crippen LogP) is -0.233. The van der Waals surface area contributed by atoms with E-state index in [1.807, 2.05) is 12.1 Å². The van der Waals surface area contributed by atoms with Gasteiger partial charge in [0.25, 0.3) is 0 Å². The number of hydrogen-bond acceptors (Lipinski definition) is 6. The standard InChI is InChI=1S/C14H24N2O4/c17-8-7-15-3-5-16(6-4-15)10-13(18)11-19-12-14-2-1-9-20-14/h1-2,9,13,17-18H,3-8,10-12H2/t13-/m0/s1. The molecule has 2 heterocycles. The van der Waals surface area contributed by atoms with Crippen molar-refractivity contribution in [3.8, 4) is 0 Å². The van der Waals surface area contributed by atoms with Gasteiger partial charge < -0.3 is 19.4 Å². The van der Waals surface area contributed by atoms with Gasteiger partial charge in [-0.25, -0.2) is 0 Å². The average molecular weight is 284 g/mol. The molecular formula is C14H24N2O4. The summed E-state index contributed by atoms with van der Waals surface area (Å²) in [5.41, 5.74) is 0. The highest BCUT2D eigenvalue weighted by molar-refractivity contribution is 4.96. The molecule has 0 saturated carbocycles. The van der Waals surface area contributed by atoms with Crippen LogP contribution in [0.5, 0.6) is 0 Å². The van der Waals surface area contributed by atoms with Gasteiger partial charge in [-0.15, -0.1) is 0 Å². The Morgan fingerprint density at radius 2 is 2.00 bits per heavy atom. The molecule has 0 aromatic carbocycles. The molecule has 6 nitrogen and oxygen atoms in total. The van der Waals surface area contributed by atoms with E-state index in [1.165, 1.54) is 0 Å². The van der Waals surface area contributed by atoms with Crippen LogP contribution in [0.2, 0.25) is 0 Å². The van der Waals surface area contributed by atoms with E-state index >= 15 is 0 Å². The first kappa shape index (κ1) is 15.5. The smallest absolute Gasteiger partial charge is 0.129 e. The van der Waals surface area contributed by atoms with E-state index in [9.17, 15) is 5.11 Å². The van der Waals surface area contributed by atoms with Crippen molar-refractivity contribution in [3.63, 3.8) is 0 Å². The molecule has 0 spiro atoms. The normalized spacial score (nSPS) is 19.3. The summed E-state index contributed by atoms with van der Waals surface area (Å²) in [6.07, 6.45) is 1.13. The second kappa shape index (κ2) is 8.39. The van der Waals surface area contributed by atoms with Crippen molar-refractivity contribution in [2.24, 2.45) is 0 Å². The molecule has 1 saturated heterocycles. The highest BCUT2D eigenvalue weighted by atomic mass is 16.5. The number of ether oxygens (including phenoxy) is 1. The van der Waals surface area contributed by atoms with Gasteiger partial charge in [-0.05, 0) is 12.1 Å². The molecule has 0 aliphatic carbocycles. The number of rotatable bonds is 8. The minimum atomic E-state index is -0.477. The molecule has 114 valence electrons. The maximum atomic E-state index is 9.95. The van der Waals surface area contributed by atoms with Crippen molar-refractivity contribution in [2.45, 2.75) is 12.7 Å². The van der Waals surface area contributed by atoms with Crippen LogP contribution in [0.1, 0.15) is 5.76 Å². The molecule has 0 amide bonds. The lowest BCUT2D eigenvalue weighted by Crippen LogP contribution is -2.49. The number of piperazine rings is 1. The number of aliphatic hydroxyl groups excluding tert-OH is 2. The maximum absolute atomic E-state index is 9.95. The highest BCUT2D eigenvalue weighted by Crippen LogP contribution is 2.05. The summed E-state index contributed by atoms with van der Waals surface area (Å²) in [5.74, 6) is 0.773.